The first-order valence-electron chi connectivity index (χ1n) is 8.59. The summed E-state index contributed by atoms with van der Waals surface area (Å²) < 4.78 is 38.0. The highest BCUT2D eigenvalue weighted by atomic mass is 35.5. The topological polar surface area (TPSA) is 72.9 Å². The highest BCUT2D eigenvalue weighted by Crippen LogP contribution is 2.35. The van der Waals surface area contributed by atoms with Gasteiger partial charge in [0.25, 0.3) is 0 Å². The summed E-state index contributed by atoms with van der Waals surface area (Å²) in [6.07, 6.45) is 1.63. The van der Waals surface area contributed by atoms with E-state index in [-0.39, 0.29) is 35.7 Å². The van der Waals surface area contributed by atoms with Crippen LogP contribution in [-0.4, -0.2) is 50.1 Å². The average molecular weight is 404 g/mol. The van der Waals surface area contributed by atoms with Crippen molar-refractivity contribution in [3.8, 4) is 0 Å². The molecule has 1 aromatic rings. The van der Waals surface area contributed by atoms with Gasteiger partial charge >= 0.3 is 5.97 Å². The van der Waals surface area contributed by atoms with E-state index in [0.29, 0.717) is 5.56 Å². The molecular formula is C18H26ClNO5S. The molecule has 26 heavy (non-hydrogen) atoms. The molecule has 1 aliphatic rings. The minimum absolute atomic E-state index is 0.0409. The van der Waals surface area contributed by atoms with E-state index in [9.17, 15) is 13.2 Å². The number of esters is 1. The van der Waals surface area contributed by atoms with Crippen molar-refractivity contribution in [3.63, 3.8) is 0 Å². The molecule has 146 valence electrons. The van der Waals surface area contributed by atoms with Gasteiger partial charge in [-0.25, -0.2) is 13.2 Å². The molecule has 0 amide bonds. The standard InChI is InChI=1S/C18H26ClNO5S/c1-13-6-5-7-15(19)17(13)26(22,23)20(14-8-9-14)10-11-24-12-16(21)25-18(2,3)4/h5-7,14H,8-12H2,1-4H3. The van der Waals surface area contributed by atoms with Crippen molar-refractivity contribution in [2.45, 2.75) is 57.1 Å². The lowest BCUT2D eigenvalue weighted by Gasteiger charge is -2.23. The van der Waals surface area contributed by atoms with Gasteiger partial charge in [-0.2, -0.15) is 4.31 Å². The molecule has 8 heteroatoms. The zero-order chi connectivity index (χ0) is 19.5. The number of aryl methyl sites for hydroxylation is 1. The Bertz CT molecular complexity index is 733. The highest BCUT2D eigenvalue weighted by molar-refractivity contribution is 7.89. The maximum atomic E-state index is 13.1. The molecule has 0 N–H and O–H groups in total. The van der Waals surface area contributed by atoms with Crippen LogP contribution in [0.4, 0.5) is 0 Å². The molecule has 1 saturated carbocycles. The molecule has 6 nitrogen and oxygen atoms in total. The molecule has 1 aliphatic carbocycles. The smallest absolute Gasteiger partial charge is 0.332 e. The Hall–Kier alpha value is -1.15. The van der Waals surface area contributed by atoms with Crippen LogP contribution < -0.4 is 0 Å². The van der Waals surface area contributed by atoms with E-state index in [2.05, 4.69) is 0 Å². The van der Waals surface area contributed by atoms with Gasteiger partial charge in [0.2, 0.25) is 10.0 Å². The lowest BCUT2D eigenvalue weighted by Crippen LogP contribution is -2.37. The molecule has 0 heterocycles. The van der Waals surface area contributed by atoms with E-state index < -0.39 is 21.6 Å². The molecule has 2 rings (SSSR count). The number of hydrogen-bond acceptors (Lipinski definition) is 5. The van der Waals surface area contributed by atoms with Crippen molar-refractivity contribution >= 4 is 27.6 Å². The quantitative estimate of drug-likeness (QED) is 0.492. The van der Waals surface area contributed by atoms with E-state index in [1.807, 2.05) is 0 Å². The summed E-state index contributed by atoms with van der Waals surface area (Å²) in [7, 11) is -3.72. The number of ether oxygens (including phenoxy) is 2. The SMILES string of the molecule is Cc1cccc(Cl)c1S(=O)(=O)N(CCOCC(=O)OC(C)(C)C)C1CC1. The molecule has 1 aromatic carbocycles. The normalized spacial score (nSPS) is 15.3. The van der Waals surface area contributed by atoms with Crippen LogP contribution >= 0.6 is 11.6 Å². The van der Waals surface area contributed by atoms with E-state index in [0.717, 1.165) is 12.8 Å². The van der Waals surface area contributed by atoms with Crippen molar-refractivity contribution < 1.29 is 22.7 Å². The lowest BCUT2D eigenvalue weighted by atomic mass is 10.2. The molecule has 0 unspecified atom stereocenters. The average Bonchev–Trinajstić information content (AvgIpc) is 3.29. The van der Waals surface area contributed by atoms with Crippen LogP contribution in [0, 0.1) is 6.92 Å². The van der Waals surface area contributed by atoms with E-state index in [1.165, 1.54) is 4.31 Å². The molecule has 0 atom stereocenters. The van der Waals surface area contributed by atoms with Crippen LogP contribution in [0.25, 0.3) is 0 Å². The monoisotopic (exact) mass is 403 g/mol. The van der Waals surface area contributed by atoms with Gasteiger partial charge in [0, 0.05) is 12.6 Å². The second kappa shape index (κ2) is 8.25. The van der Waals surface area contributed by atoms with Crippen molar-refractivity contribution in [1.82, 2.24) is 4.31 Å². The summed E-state index contributed by atoms with van der Waals surface area (Å²) >= 11 is 6.15. The van der Waals surface area contributed by atoms with Gasteiger partial charge < -0.3 is 9.47 Å². The number of halogens is 1. The number of benzene rings is 1. The molecule has 0 bridgehead atoms. The van der Waals surface area contributed by atoms with E-state index >= 15 is 0 Å². The number of rotatable bonds is 8. The van der Waals surface area contributed by atoms with Crippen LogP contribution in [0.15, 0.2) is 23.1 Å². The molecule has 0 spiro atoms. The van der Waals surface area contributed by atoms with E-state index in [4.69, 9.17) is 21.1 Å². The first-order chi connectivity index (χ1) is 12.0. The maximum Gasteiger partial charge on any atom is 0.332 e. The Kier molecular flexibility index (Phi) is 6.71. The Balaban J connectivity index is 2.00. The van der Waals surface area contributed by atoms with Crippen LogP contribution in [0.1, 0.15) is 39.2 Å². The molecule has 0 radical (unpaired) electrons. The van der Waals surface area contributed by atoms with Crippen LogP contribution in [0.3, 0.4) is 0 Å². The maximum absolute atomic E-state index is 13.1. The number of nitrogens with zero attached hydrogens (tertiary/aromatic N) is 1. The number of carbonyl (C=O) groups excluding carboxylic acids is 1. The number of carbonyl (C=O) groups is 1. The van der Waals surface area contributed by atoms with Crippen molar-refractivity contribution in [2.75, 3.05) is 19.8 Å². The van der Waals surface area contributed by atoms with Gasteiger partial charge in [-0.15, -0.1) is 0 Å². The van der Waals surface area contributed by atoms with Crippen molar-refractivity contribution in [2.24, 2.45) is 0 Å². The fourth-order valence-corrected chi connectivity index (χ4v) is 5.06. The number of hydrogen-bond donors (Lipinski definition) is 0. The van der Waals surface area contributed by atoms with Crippen molar-refractivity contribution in [1.29, 1.82) is 0 Å². The van der Waals surface area contributed by atoms with Gasteiger partial charge in [0.15, 0.2) is 0 Å². The third-order valence-electron chi connectivity index (χ3n) is 3.78. The summed E-state index contributed by atoms with van der Waals surface area (Å²) in [6.45, 7) is 7.12. The van der Waals surface area contributed by atoms with Gasteiger partial charge in [0.05, 0.1) is 11.6 Å². The molecule has 0 saturated heterocycles. The van der Waals surface area contributed by atoms with Gasteiger partial charge in [-0.1, -0.05) is 23.7 Å². The number of sulfonamides is 1. The molecule has 0 aromatic heterocycles. The Morgan fingerprint density at radius 2 is 1.96 bits per heavy atom. The Morgan fingerprint density at radius 3 is 2.50 bits per heavy atom. The van der Waals surface area contributed by atoms with Gasteiger partial charge in [0.1, 0.15) is 17.1 Å². The van der Waals surface area contributed by atoms with Crippen molar-refractivity contribution in [3.05, 3.63) is 28.8 Å². The molecule has 0 aliphatic heterocycles. The van der Waals surface area contributed by atoms with Gasteiger partial charge in [-0.05, 0) is 52.2 Å². The lowest BCUT2D eigenvalue weighted by molar-refractivity contribution is -0.160. The minimum atomic E-state index is -3.72. The largest absolute Gasteiger partial charge is 0.458 e. The van der Waals surface area contributed by atoms with Gasteiger partial charge in [-0.3, -0.25) is 0 Å². The zero-order valence-electron chi connectivity index (χ0n) is 15.6. The van der Waals surface area contributed by atoms with Crippen LogP contribution in [0.2, 0.25) is 5.02 Å². The van der Waals surface area contributed by atoms with Crippen LogP contribution in [0.5, 0.6) is 0 Å². The molecular weight excluding hydrogens is 378 g/mol. The summed E-state index contributed by atoms with van der Waals surface area (Å²) in [5.74, 6) is -0.472. The Morgan fingerprint density at radius 1 is 1.31 bits per heavy atom. The third kappa shape index (κ3) is 5.67. The second-order valence-corrected chi connectivity index (χ2v) is 9.61. The first-order valence-corrected chi connectivity index (χ1v) is 10.4. The predicted octanol–water partition coefficient (Wildman–Crippen LogP) is 3.16. The fourth-order valence-electron chi connectivity index (χ4n) is 2.60. The summed E-state index contributed by atoms with van der Waals surface area (Å²) in [4.78, 5) is 11.8. The highest BCUT2D eigenvalue weighted by Gasteiger charge is 2.39. The Labute approximate surface area is 160 Å². The second-order valence-electron chi connectivity index (χ2n) is 7.37. The summed E-state index contributed by atoms with van der Waals surface area (Å²) in [6, 6.07) is 4.98. The van der Waals surface area contributed by atoms with Crippen LogP contribution in [-0.2, 0) is 24.3 Å². The van der Waals surface area contributed by atoms with E-state index in [1.54, 1.807) is 45.9 Å². The third-order valence-corrected chi connectivity index (χ3v) is 6.36. The summed E-state index contributed by atoms with van der Waals surface area (Å²) in [5.41, 5.74) is 0.0311. The zero-order valence-corrected chi connectivity index (χ0v) is 17.2. The fraction of sp³-hybridized carbons (Fsp3) is 0.611. The molecule has 1 fully saturated rings. The first kappa shape index (κ1) is 21.2. The predicted molar refractivity (Wildman–Crippen MR) is 99.8 cm³/mol. The summed E-state index contributed by atoms with van der Waals surface area (Å²) in [5, 5.41) is 0.213. The minimum Gasteiger partial charge on any atom is -0.458 e.